The highest BCUT2D eigenvalue weighted by Crippen LogP contribution is 2.37. The summed E-state index contributed by atoms with van der Waals surface area (Å²) in [6.45, 7) is 5.58. The summed E-state index contributed by atoms with van der Waals surface area (Å²) in [5.74, 6) is 0.791. The van der Waals surface area contributed by atoms with Crippen LogP contribution in [0.1, 0.15) is 58.4 Å². The van der Waals surface area contributed by atoms with E-state index in [1.165, 1.54) is 30.7 Å². The third-order valence-corrected chi connectivity index (χ3v) is 5.65. The van der Waals surface area contributed by atoms with E-state index in [4.69, 9.17) is 0 Å². The Morgan fingerprint density at radius 2 is 2.05 bits per heavy atom. The van der Waals surface area contributed by atoms with Gasteiger partial charge in [-0.1, -0.05) is 12.8 Å². The van der Waals surface area contributed by atoms with Crippen molar-refractivity contribution in [1.82, 2.24) is 15.2 Å². The molecule has 20 heavy (non-hydrogen) atoms. The highest BCUT2D eigenvalue weighted by Gasteiger charge is 2.26. The second-order valence-corrected chi connectivity index (χ2v) is 6.87. The largest absolute Gasteiger partial charge is 0.337 e. The summed E-state index contributed by atoms with van der Waals surface area (Å²) in [6, 6.07) is 0. The number of carbonyl (C=O) groups is 1. The Hall–Kier alpha value is -0.940. The van der Waals surface area contributed by atoms with E-state index < -0.39 is 0 Å². The summed E-state index contributed by atoms with van der Waals surface area (Å²) >= 11 is 1.64. The zero-order valence-corrected chi connectivity index (χ0v) is 13.0. The third kappa shape index (κ3) is 2.88. The number of nitrogens with one attached hydrogen (secondary N) is 1. The Morgan fingerprint density at radius 3 is 2.85 bits per heavy atom. The average Bonchev–Trinajstić information content (AvgIpc) is 3.01. The van der Waals surface area contributed by atoms with Crippen molar-refractivity contribution in [3.05, 3.63) is 15.6 Å². The molecule has 1 N–H and O–H groups in total. The predicted octanol–water partition coefficient (Wildman–Crippen LogP) is 2.54. The summed E-state index contributed by atoms with van der Waals surface area (Å²) in [5.41, 5.74) is 0.930. The van der Waals surface area contributed by atoms with Crippen LogP contribution in [-0.4, -0.2) is 42.0 Å². The number of aromatic nitrogens is 1. The van der Waals surface area contributed by atoms with E-state index in [1.807, 2.05) is 11.8 Å². The van der Waals surface area contributed by atoms with E-state index in [0.29, 0.717) is 5.92 Å². The summed E-state index contributed by atoms with van der Waals surface area (Å²) < 4.78 is 0. The zero-order valence-electron chi connectivity index (χ0n) is 12.2. The van der Waals surface area contributed by atoms with Gasteiger partial charge in [-0.3, -0.25) is 4.79 Å². The number of aryl methyl sites for hydroxylation is 1. The number of carbonyl (C=O) groups excluding carboxylic acids is 1. The topological polar surface area (TPSA) is 45.2 Å². The maximum Gasteiger partial charge on any atom is 0.265 e. The molecule has 0 bridgehead atoms. The lowest BCUT2D eigenvalue weighted by molar-refractivity contribution is 0.0770. The predicted molar refractivity (Wildman–Crippen MR) is 81.5 cm³/mol. The van der Waals surface area contributed by atoms with Crippen LogP contribution in [-0.2, 0) is 0 Å². The van der Waals surface area contributed by atoms with Crippen LogP contribution in [0.5, 0.6) is 0 Å². The van der Waals surface area contributed by atoms with E-state index in [1.54, 1.807) is 11.3 Å². The Bertz CT molecular complexity index is 471. The van der Waals surface area contributed by atoms with Gasteiger partial charge in [0.2, 0.25) is 0 Å². The van der Waals surface area contributed by atoms with Crippen molar-refractivity contribution in [2.75, 3.05) is 26.2 Å². The summed E-state index contributed by atoms with van der Waals surface area (Å²) in [6.07, 6.45) is 6.15. The number of thiazole rings is 1. The van der Waals surface area contributed by atoms with Gasteiger partial charge in [0, 0.05) is 25.6 Å². The van der Waals surface area contributed by atoms with Crippen LogP contribution >= 0.6 is 11.3 Å². The molecule has 1 aliphatic heterocycles. The van der Waals surface area contributed by atoms with E-state index in [-0.39, 0.29) is 5.91 Å². The van der Waals surface area contributed by atoms with E-state index in [9.17, 15) is 4.79 Å². The molecule has 1 saturated heterocycles. The molecule has 1 aromatic rings. The van der Waals surface area contributed by atoms with Crippen molar-refractivity contribution in [3.8, 4) is 0 Å². The van der Waals surface area contributed by atoms with Gasteiger partial charge in [-0.15, -0.1) is 11.3 Å². The molecule has 4 nitrogen and oxygen atoms in total. The Kier molecular flexibility index (Phi) is 4.36. The van der Waals surface area contributed by atoms with Gasteiger partial charge in [-0.2, -0.15) is 0 Å². The monoisotopic (exact) mass is 293 g/mol. The molecule has 0 unspecified atom stereocenters. The summed E-state index contributed by atoms with van der Waals surface area (Å²) in [4.78, 5) is 20.2. The molecule has 110 valence electrons. The van der Waals surface area contributed by atoms with Crippen LogP contribution < -0.4 is 5.32 Å². The molecule has 0 radical (unpaired) electrons. The lowest BCUT2D eigenvalue weighted by Crippen LogP contribution is -2.34. The smallest absolute Gasteiger partial charge is 0.265 e. The van der Waals surface area contributed by atoms with Crippen molar-refractivity contribution in [1.29, 1.82) is 0 Å². The maximum atomic E-state index is 12.7. The second-order valence-electron chi connectivity index (χ2n) is 5.84. The van der Waals surface area contributed by atoms with Gasteiger partial charge in [-0.25, -0.2) is 4.98 Å². The number of amides is 1. The molecule has 0 aromatic carbocycles. The number of nitrogens with zero attached hydrogens (tertiary/aromatic N) is 2. The molecule has 3 rings (SSSR count). The first-order chi connectivity index (χ1) is 9.75. The lowest BCUT2D eigenvalue weighted by atomic mass is 10.1. The molecule has 0 spiro atoms. The fraction of sp³-hybridized carbons (Fsp3) is 0.733. The van der Waals surface area contributed by atoms with Crippen molar-refractivity contribution in [2.24, 2.45) is 0 Å². The molecule has 1 aliphatic carbocycles. The van der Waals surface area contributed by atoms with Crippen LogP contribution in [0.25, 0.3) is 0 Å². The fourth-order valence-corrected chi connectivity index (χ4v) is 4.36. The minimum Gasteiger partial charge on any atom is -0.337 e. The SMILES string of the molecule is Cc1nc(C2CCCC2)sc1C(=O)N1CCCNCC1. The quantitative estimate of drug-likeness (QED) is 0.911. The molecule has 1 saturated carbocycles. The van der Waals surface area contributed by atoms with Gasteiger partial charge < -0.3 is 10.2 Å². The molecule has 2 aliphatic rings. The first kappa shape index (κ1) is 14.0. The first-order valence-corrected chi connectivity index (χ1v) is 8.54. The highest BCUT2D eigenvalue weighted by molar-refractivity contribution is 7.13. The molecule has 1 aromatic heterocycles. The standard InChI is InChI=1S/C15H23N3OS/c1-11-13(15(19)18-9-4-7-16-8-10-18)20-14(17-11)12-5-2-3-6-12/h12,16H,2-10H2,1H3. The molecule has 5 heteroatoms. The minimum absolute atomic E-state index is 0.188. The molecule has 2 fully saturated rings. The van der Waals surface area contributed by atoms with Gasteiger partial charge in [0.15, 0.2) is 0 Å². The van der Waals surface area contributed by atoms with E-state index >= 15 is 0 Å². The van der Waals surface area contributed by atoms with Crippen molar-refractivity contribution >= 4 is 17.2 Å². The van der Waals surface area contributed by atoms with Crippen molar-refractivity contribution in [3.63, 3.8) is 0 Å². The maximum absolute atomic E-state index is 12.7. The van der Waals surface area contributed by atoms with E-state index in [2.05, 4.69) is 10.3 Å². The van der Waals surface area contributed by atoms with Gasteiger partial charge in [-0.05, 0) is 32.7 Å². The van der Waals surface area contributed by atoms with Gasteiger partial charge in [0.1, 0.15) is 4.88 Å². The Labute approximate surface area is 124 Å². The van der Waals surface area contributed by atoms with Crippen LogP contribution in [0.2, 0.25) is 0 Å². The summed E-state index contributed by atoms with van der Waals surface area (Å²) in [7, 11) is 0. The first-order valence-electron chi connectivity index (χ1n) is 7.73. The van der Waals surface area contributed by atoms with Gasteiger partial charge in [0.05, 0.1) is 10.7 Å². The number of hydrogen-bond acceptors (Lipinski definition) is 4. The van der Waals surface area contributed by atoms with Crippen molar-refractivity contribution < 1.29 is 4.79 Å². The van der Waals surface area contributed by atoms with Gasteiger partial charge in [0.25, 0.3) is 5.91 Å². The van der Waals surface area contributed by atoms with Crippen LogP contribution in [0.15, 0.2) is 0 Å². The minimum atomic E-state index is 0.188. The summed E-state index contributed by atoms with van der Waals surface area (Å²) in [5, 5.41) is 4.53. The molecular weight excluding hydrogens is 270 g/mol. The highest BCUT2D eigenvalue weighted by atomic mass is 32.1. The van der Waals surface area contributed by atoms with Gasteiger partial charge >= 0.3 is 0 Å². The molecule has 2 heterocycles. The second kappa shape index (κ2) is 6.22. The zero-order chi connectivity index (χ0) is 13.9. The Morgan fingerprint density at radius 1 is 1.25 bits per heavy atom. The number of hydrogen-bond donors (Lipinski definition) is 1. The lowest BCUT2D eigenvalue weighted by Gasteiger charge is -2.19. The van der Waals surface area contributed by atoms with Crippen LogP contribution in [0, 0.1) is 6.92 Å². The molecular formula is C15H23N3OS. The third-order valence-electron chi connectivity index (χ3n) is 4.34. The molecule has 1 amide bonds. The van der Waals surface area contributed by atoms with Crippen LogP contribution in [0.3, 0.4) is 0 Å². The van der Waals surface area contributed by atoms with Crippen LogP contribution in [0.4, 0.5) is 0 Å². The van der Waals surface area contributed by atoms with E-state index in [0.717, 1.165) is 43.2 Å². The normalized spacial score (nSPS) is 21.1. The van der Waals surface area contributed by atoms with Crippen molar-refractivity contribution in [2.45, 2.75) is 44.9 Å². The molecule has 0 atom stereocenters. The Balaban J connectivity index is 1.76. The average molecular weight is 293 g/mol. The fourth-order valence-electron chi connectivity index (χ4n) is 3.16. The number of rotatable bonds is 2.